The second-order valence-corrected chi connectivity index (χ2v) is 3.15. The first kappa shape index (κ1) is 10.5. The average molecular weight is 307 g/mol. The summed E-state index contributed by atoms with van der Waals surface area (Å²) in [4.78, 5) is 4.33. The highest BCUT2D eigenvalue weighted by Gasteiger charge is 1.98. The van der Waals surface area contributed by atoms with Crippen molar-refractivity contribution in [1.82, 2.24) is 9.38 Å². The Bertz CT molecular complexity index is 411. The summed E-state index contributed by atoms with van der Waals surface area (Å²) in [6, 6.07) is 3.71. The van der Waals surface area contributed by atoms with Crippen molar-refractivity contribution in [3.8, 4) is 0 Å². The summed E-state index contributed by atoms with van der Waals surface area (Å²) in [5.41, 5.74) is 8.26. The van der Waals surface area contributed by atoms with E-state index in [1.807, 2.05) is 28.9 Å². The highest BCUT2D eigenvalue weighted by atomic mass is 79.9. The molecule has 0 amide bonds. The Morgan fingerprint density at radius 2 is 2.31 bits per heavy atom. The molecule has 2 rings (SSSR count). The van der Waals surface area contributed by atoms with E-state index in [1.54, 1.807) is 0 Å². The molecule has 2 aromatic rings. The maximum Gasteiger partial charge on any atom is 0.139 e. The minimum atomic E-state index is 0. The van der Waals surface area contributed by atoms with Crippen molar-refractivity contribution in [1.29, 1.82) is 0 Å². The third-order valence-corrected chi connectivity index (χ3v) is 2.25. The molecule has 70 valence electrons. The molecule has 0 radical (unpaired) electrons. The van der Waals surface area contributed by atoms with Gasteiger partial charge in [0, 0.05) is 29.5 Å². The lowest BCUT2D eigenvalue weighted by molar-refractivity contribution is 1.19. The first-order valence-electron chi connectivity index (χ1n) is 3.58. The van der Waals surface area contributed by atoms with Crippen molar-refractivity contribution >= 4 is 44.2 Å². The van der Waals surface area contributed by atoms with Crippen LogP contribution in [-0.2, 0) is 5.33 Å². The van der Waals surface area contributed by atoms with E-state index in [9.17, 15) is 0 Å². The number of nitrogens with zero attached hydrogens (tertiary/aromatic N) is 2. The number of imidazole rings is 1. The van der Waals surface area contributed by atoms with Crippen molar-refractivity contribution in [3.05, 3.63) is 30.2 Å². The number of alkyl halides is 1. The molecular formula is C8H9Br2N3. The van der Waals surface area contributed by atoms with Crippen LogP contribution in [0.2, 0.25) is 0 Å². The smallest absolute Gasteiger partial charge is 0.139 e. The monoisotopic (exact) mass is 305 g/mol. The largest absolute Gasteiger partial charge is 0.399 e. The molecule has 0 spiro atoms. The maximum atomic E-state index is 5.61. The van der Waals surface area contributed by atoms with E-state index in [2.05, 4.69) is 20.9 Å². The molecule has 0 atom stereocenters. The number of rotatable bonds is 1. The lowest BCUT2D eigenvalue weighted by atomic mass is 10.4. The Labute approximate surface area is 94.9 Å². The third kappa shape index (κ3) is 2.03. The fraction of sp³-hybridized carbons (Fsp3) is 0.125. The number of anilines is 1. The van der Waals surface area contributed by atoms with Crippen molar-refractivity contribution in [2.75, 3.05) is 5.73 Å². The summed E-state index contributed by atoms with van der Waals surface area (Å²) in [6.45, 7) is 0. The predicted octanol–water partition coefficient (Wildman–Crippen LogP) is 2.39. The van der Waals surface area contributed by atoms with Gasteiger partial charge >= 0.3 is 0 Å². The second kappa shape index (κ2) is 4.11. The highest BCUT2D eigenvalue weighted by molar-refractivity contribution is 9.08. The van der Waals surface area contributed by atoms with Gasteiger partial charge in [-0.25, -0.2) is 4.98 Å². The Morgan fingerprint density at radius 3 is 3.00 bits per heavy atom. The zero-order valence-electron chi connectivity index (χ0n) is 6.77. The van der Waals surface area contributed by atoms with Crippen LogP contribution in [0.4, 0.5) is 5.69 Å². The van der Waals surface area contributed by atoms with Crippen LogP contribution in [0.25, 0.3) is 5.65 Å². The van der Waals surface area contributed by atoms with E-state index >= 15 is 0 Å². The quantitative estimate of drug-likeness (QED) is 0.822. The molecule has 13 heavy (non-hydrogen) atoms. The van der Waals surface area contributed by atoms with E-state index in [0.29, 0.717) is 0 Å². The van der Waals surface area contributed by atoms with Crippen LogP contribution < -0.4 is 5.73 Å². The molecule has 0 bridgehead atoms. The summed E-state index contributed by atoms with van der Waals surface area (Å²) < 4.78 is 1.95. The lowest BCUT2D eigenvalue weighted by Crippen LogP contribution is -1.87. The first-order valence-corrected chi connectivity index (χ1v) is 4.71. The van der Waals surface area contributed by atoms with Gasteiger partial charge in [-0.1, -0.05) is 15.9 Å². The van der Waals surface area contributed by atoms with E-state index in [0.717, 1.165) is 22.4 Å². The second-order valence-electron chi connectivity index (χ2n) is 2.59. The topological polar surface area (TPSA) is 43.3 Å². The van der Waals surface area contributed by atoms with Gasteiger partial charge in [-0.3, -0.25) is 0 Å². The van der Waals surface area contributed by atoms with Gasteiger partial charge < -0.3 is 10.1 Å². The predicted molar refractivity (Wildman–Crippen MR) is 62.6 cm³/mol. The molecule has 0 aliphatic heterocycles. The number of halogens is 2. The van der Waals surface area contributed by atoms with Crippen LogP contribution in [0.3, 0.4) is 0 Å². The molecular weight excluding hydrogens is 298 g/mol. The number of nitrogen functional groups attached to an aromatic ring is 1. The fourth-order valence-corrected chi connectivity index (χ4v) is 1.38. The number of hydrogen-bond donors (Lipinski definition) is 1. The molecule has 0 unspecified atom stereocenters. The fourth-order valence-electron chi connectivity index (χ4n) is 1.11. The SMILES string of the molecule is Br.Nc1ccn2cc(CBr)nc2c1. The molecule has 2 N–H and O–H groups in total. The van der Waals surface area contributed by atoms with Crippen LogP contribution in [0.1, 0.15) is 5.69 Å². The minimum Gasteiger partial charge on any atom is -0.399 e. The summed E-state index contributed by atoms with van der Waals surface area (Å²) in [6.07, 6.45) is 3.88. The average Bonchev–Trinajstić information content (AvgIpc) is 2.46. The number of hydrogen-bond acceptors (Lipinski definition) is 2. The molecule has 5 heteroatoms. The van der Waals surface area contributed by atoms with Gasteiger partial charge in [-0.15, -0.1) is 17.0 Å². The molecule has 3 nitrogen and oxygen atoms in total. The van der Waals surface area contributed by atoms with Gasteiger partial charge in [0.25, 0.3) is 0 Å². The van der Waals surface area contributed by atoms with Crippen molar-refractivity contribution in [3.63, 3.8) is 0 Å². The first-order chi connectivity index (χ1) is 5.79. The number of nitrogens with two attached hydrogens (primary N) is 1. The molecule has 2 heterocycles. The van der Waals surface area contributed by atoms with Gasteiger partial charge in [0.2, 0.25) is 0 Å². The molecule has 0 aliphatic carbocycles. The molecule has 0 fully saturated rings. The normalized spacial score (nSPS) is 9.92. The Kier molecular flexibility index (Phi) is 3.33. The number of aromatic nitrogens is 2. The van der Waals surface area contributed by atoms with Gasteiger partial charge in [0.15, 0.2) is 0 Å². The van der Waals surface area contributed by atoms with E-state index in [-0.39, 0.29) is 17.0 Å². The van der Waals surface area contributed by atoms with E-state index in [4.69, 9.17) is 5.73 Å². The van der Waals surface area contributed by atoms with Gasteiger partial charge in [0.1, 0.15) is 5.65 Å². The molecule has 0 saturated heterocycles. The molecule has 0 aromatic carbocycles. The van der Waals surface area contributed by atoms with Crippen LogP contribution in [-0.4, -0.2) is 9.38 Å². The van der Waals surface area contributed by atoms with Crippen molar-refractivity contribution in [2.45, 2.75) is 5.33 Å². The lowest BCUT2D eigenvalue weighted by Gasteiger charge is -1.92. The zero-order valence-corrected chi connectivity index (χ0v) is 10.1. The highest BCUT2D eigenvalue weighted by Crippen LogP contribution is 2.10. The van der Waals surface area contributed by atoms with Crippen molar-refractivity contribution < 1.29 is 0 Å². The van der Waals surface area contributed by atoms with E-state index in [1.165, 1.54) is 0 Å². The van der Waals surface area contributed by atoms with Gasteiger partial charge in [0.05, 0.1) is 5.69 Å². The van der Waals surface area contributed by atoms with Crippen LogP contribution in [0.5, 0.6) is 0 Å². The zero-order chi connectivity index (χ0) is 8.55. The molecule has 0 saturated carbocycles. The van der Waals surface area contributed by atoms with Crippen LogP contribution >= 0.6 is 32.9 Å². The minimum absolute atomic E-state index is 0. The van der Waals surface area contributed by atoms with E-state index < -0.39 is 0 Å². The van der Waals surface area contributed by atoms with Gasteiger partial charge in [-0.05, 0) is 6.07 Å². The number of fused-ring (bicyclic) bond motifs is 1. The Hall–Kier alpha value is -0.550. The standard InChI is InChI=1S/C8H8BrN3.BrH/c9-4-7-5-12-2-1-6(10)3-8(12)11-7;/h1-3,5H,4,10H2;1H. The molecule has 0 aliphatic rings. The van der Waals surface area contributed by atoms with Gasteiger partial charge in [-0.2, -0.15) is 0 Å². The van der Waals surface area contributed by atoms with Crippen molar-refractivity contribution in [2.24, 2.45) is 0 Å². The number of pyridine rings is 1. The van der Waals surface area contributed by atoms with Crippen LogP contribution in [0.15, 0.2) is 24.5 Å². The Balaban J connectivity index is 0.000000845. The summed E-state index contributed by atoms with van der Waals surface area (Å²) in [5, 5.41) is 0.772. The summed E-state index contributed by atoms with van der Waals surface area (Å²) in [5.74, 6) is 0. The Morgan fingerprint density at radius 1 is 1.54 bits per heavy atom. The van der Waals surface area contributed by atoms with Crippen LogP contribution in [0, 0.1) is 0 Å². The summed E-state index contributed by atoms with van der Waals surface area (Å²) in [7, 11) is 0. The molecule has 2 aromatic heterocycles. The third-order valence-electron chi connectivity index (χ3n) is 1.67. The maximum absolute atomic E-state index is 5.61. The summed E-state index contributed by atoms with van der Waals surface area (Å²) >= 11 is 3.35.